The standard InChI is InChI=1S/C22H24BrN3O2/c1-22(2,3)21(27)28-20-16(10-11-24-20)19-25-17-9-6-14(12-18(17)26-19)13-4-7-15(23)8-5-13/h4-9,12,16,20,24H,10-11H2,1-3H3,(H,25,26)/t16-,20?/m0/s1. The minimum atomic E-state index is -0.526. The maximum absolute atomic E-state index is 12.3. The fraction of sp³-hybridized carbons (Fsp3) is 0.364. The zero-order valence-electron chi connectivity index (χ0n) is 16.3. The van der Waals surface area contributed by atoms with Gasteiger partial charge in [0.05, 0.1) is 22.4 Å². The van der Waals surface area contributed by atoms with Crippen molar-refractivity contribution in [1.82, 2.24) is 15.3 Å². The molecular weight excluding hydrogens is 418 g/mol. The molecule has 2 aromatic carbocycles. The molecule has 2 atom stereocenters. The molecule has 0 saturated carbocycles. The van der Waals surface area contributed by atoms with Crippen molar-refractivity contribution in [2.24, 2.45) is 5.41 Å². The van der Waals surface area contributed by atoms with E-state index in [2.05, 4.69) is 50.5 Å². The van der Waals surface area contributed by atoms with Gasteiger partial charge in [0.15, 0.2) is 6.23 Å². The maximum atomic E-state index is 12.3. The summed E-state index contributed by atoms with van der Waals surface area (Å²) in [5, 5.41) is 3.29. The summed E-state index contributed by atoms with van der Waals surface area (Å²) >= 11 is 3.48. The number of aromatic nitrogens is 2. The summed E-state index contributed by atoms with van der Waals surface area (Å²) in [6.07, 6.45) is 0.528. The molecular formula is C22H24BrN3O2. The fourth-order valence-corrected chi connectivity index (χ4v) is 3.66. The lowest BCUT2D eigenvalue weighted by atomic mass is 9.97. The van der Waals surface area contributed by atoms with E-state index in [1.165, 1.54) is 0 Å². The second kappa shape index (κ2) is 7.33. The Hall–Kier alpha value is -2.18. The SMILES string of the molecule is CC(C)(C)C(=O)OC1NCC[C@H]1c1nc2ccc(-c3ccc(Br)cc3)cc2[nH]1. The molecule has 0 aliphatic carbocycles. The van der Waals surface area contributed by atoms with Gasteiger partial charge < -0.3 is 9.72 Å². The first-order valence-corrected chi connectivity index (χ1v) is 10.3. The topological polar surface area (TPSA) is 67.0 Å². The zero-order chi connectivity index (χ0) is 19.9. The number of nitrogens with one attached hydrogen (secondary N) is 2. The summed E-state index contributed by atoms with van der Waals surface area (Å²) in [5.74, 6) is 0.681. The molecule has 4 rings (SSSR count). The van der Waals surface area contributed by atoms with Crippen molar-refractivity contribution in [1.29, 1.82) is 0 Å². The van der Waals surface area contributed by atoms with Crippen LogP contribution in [0.2, 0.25) is 0 Å². The van der Waals surface area contributed by atoms with Crippen LogP contribution in [0.25, 0.3) is 22.2 Å². The van der Waals surface area contributed by atoms with Gasteiger partial charge in [-0.15, -0.1) is 0 Å². The molecule has 28 heavy (non-hydrogen) atoms. The molecule has 1 aromatic heterocycles. The predicted molar refractivity (Wildman–Crippen MR) is 114 cm³/mol. The van der Waals surface area contributed by atoms with Crippen LogP contribution in [0.3, 0.4) is 0 Å². The van der Waals surface area contributed by atoms with E-state index in [1.807, 2.05) is 39.0 Å². The highest BCUT2D eigenvalue weighted by Crippen LogP contribution is 2.31. The summed E-state index contributed by atoms with van der Waals surface area (Å²) in [6.45, 7) is 6.40. The second-order valence-electron chi connectivity index (χ2n) is 8.29. The normalized spacial score (nSPS) is 19.9. The third kappa shape index (κ3) is 3.84. The van der Waals surface area contributed by atoms with E-state index >= 15 is 0 Å². The number of carbonyl (C=O) groups is 1. The Morgan fingerprint density at radius 3 is 2.57 bits per heavy atom. The Balaban J connectivity index is 1.60. The van der Waals surface area contributed by atoms with Crippen molar-refractivity contribution in [3.63, 3.8) is 0 Å². The Kier molecular flexibility index (Phi) is 5.02. The Morgan fingerprint density at radius 1 is 1.14 bits per heavy atom. The van der Waals surface area contributed by atoms with Crippen LogP contribution in [0, 0.1) is 5.41 Å². The minimum Gasteiger partial charge on any atom is -0.445 e. The van der Waals surface area contributed by atoms with Crippen LogP contribution in [0.5, 0.6) is 0 Å². The number of hydrogen-bond acceptors (Lipinski definition) is 4. The monoisotopic (exact) mass is 441 g/mol. The third-order valence-electron chi connectivity index (χ3n) is 5.04. The molecule has 2 heterocycles. The van der Waals surface area contributed by atoms with Crippen LogP contribution in [0.15, 0.2) is 46.9 Å². The summed E-state index contributed by atoms with van der Waals surface area (Å²) in [6, 6.07) is 14.5. The second-order valence-corrected chi connectivity index (χ2v) is 9.20. The van der Waals surface area contributed by atoms with Crippen LogP contribution in [-0.4, -0.2) is 28.7 Å². The highest BCUT2D eigenvalue weighted by molar-refractivity contribution is 9.10. The maximum Gasteiger partial charge on any atom is 0.312 e. The van der Waals surface area contributed by atoms with Gasteiger partial charge in [0.25, 0.3) is 0 Å². The number of imidazole rings is 1. The molecule has 5 nitrogen and oxygen atoms in total. The van der Waals surface area contributed by atoms with Gasteiger partial charge in [0.1, 0.15) is 5.82 Å². The van der Waals surface area contributed by atoms with Crippen LogP contribution < -0.4 is 5.32 Å². The number of fused-ring (bicyclic) bond motifs is 1. The van der Waals surface area contributed by atoms with Gasteiger partial charge >= 0.3 is 5.97 Å². The summed E-state index contributed by atoms with van der Waals surface area (Å²) < 4.78 is 6.79. The molecule has 0 spiro atoms. The van der Waals surface area contributed by atoms with Gasteiger partial charge in [0, 0.05) is 4.47 Å². The highest BCUT2D eigenvalue weighted by atomic mass is 79.9. The summed E-state index contributed by atoms with van der Waals surface area (Å²) in [4.78, 5) is 20.5. The summed E-state index contributed by atoms with van der Waals surface area (Å²) in [5.41, 5.74) is 3.67. The highest BCUT2D eigenvalue weighted by Gasteiger charge is 2.36. The molecule has 1 aliphatic heterocycles. The van der Waals surface area contributed by atoms with E-state index in [4.69, 9.17) is 9.72 Å². The molecule has 1 saturated heterocycles. The van der Waals surface area contributed by atoms with E-state index in [1.54, 1.807) is 0 Å². The van der Waals surface area contributed by atoms with Crippen molar-refractivity contribution in [3.05, 3.63) is 52.8 Å². The van der Waals surface area contributed by atoms with Crippen molar-refractivity contribution in [3.8, 4) is 11.1 Å². The van der Waals surface area contributed by atoms with Crippen molar-refractivity contribution in [2.75, 3.05) is 6.54 Å². The van der Waals surface area contributed by atoms with E-state index in [0.717, 1.165) is 45.4 Å². The lowest BCUT2D eigenvalue weighted by molar-refractivity contribution is -0.160. The summed E-state index contributed by atoms with van der Waals surface area (Å²) in [7, 11) is 0. The van der Waals surface area contributed by atoms with Gasteiger partial charge in [0.2, 0.25) is 0 Å². The molecule has 1 fully saturated rings. The smallest absolute Gasteiger partial charge is 0.312 e. The van der Waals surface area contributed by atoms with Crippen molar-refractivity contribution in [2.45, 2.75) is 39.3 Å². The number of halogens is 1. The molecule has 1 unspecified atom stereocenters. The predicted octanol–water partition coefficient (Wildman–Crippen LogP) is 4.98. The molecule has 2 N–H and O–H groups in total. The zero-order valence-corrected chi connectivity index (χ0v) is 17.8. The average molecular weight is 442 g/mol. The Labute approximate surface area is 173 Å². The number of rotatable bonds is 3. The van der Waals surface area contributed by atoms with Gasteiger partial charge in [-0.1, -0.05) is 34.1 Å². The van der Waals surface area contributed by atoms with Crippen molar-refractivity contribution < 1.29 is 9.53 Å². The number of benzene rings is 2. The fourth-order valence-electron chi connectivity index (χ4n) is 3.40. The minimum absolute atomic E-state index is 0.0230. The molecule has 1 aliphatic rings. The van der Waals surface area contributed by atoms with Crippen molar-refractivity contribution >= 4 is 32.9 Å². The number of H-pyrrole nitrogens is 1. The number of carbonyl (C=O) groups excluding carboxylic acids is 1. The molecule has 0 amide bonds. The number of aromatic amines is 1. The quantitative estimate of drug-likeness (QED) is 0.562. The Bertz CT molecular complexity index is 1000. The van der Waals surface area contributed by atoms with Gasteiger partial charge in [-0.25, -0.2) is 4.98 Å². The van der Waals surface area contributed by atoms with E-state index in [9.17, 15) is 4.79 Å². The lowest BCUT2D eigenvalue weighted by Crippen LogP contribution is -2.36. The molecule has 3 aromatic rings. The van der Waals surface area contributed by atoms with Crippen LogP contribution in [0.1, 0.15) is 38.9 Å². The number of hydrogen-bond donors (Lipinski definition) is 2. The van der Waals surface area contributed by atoms with E-state index in [-0.39, 0.29) is 18.1 Å². The van der Waals surface area contributed by atoms with Gasteiger partial charge in [-0.2, -0.15) is 0 Å². The number of nitrogens with zero attached hydrogens (tertiary/aromatic N) is 1. The van der Waals surface area contributed by atoms with Crippen LogP contribution >= 0.6 is 15.9 Å². The first kappa shape index (κ1) is 19.2. The molecule has 146 valence electrons. The Morgan fingerprint density at radius 2 is 1.86 bits per heavy atom. The largest absolute Gasteiger partial charge is 0.445 e. The van der Waals surface area contributed by atoms with Gasteiger partial charge in [-0.05, 0) is 69.1 Å². The third-order valence-corrected chi connectivity index (χ3v) is 5.57. The van der Waals surface area contributed by atoms with E-state index < -0.39 is 5.41 Å². The lowest BCUT2D eigenvalue weighted by Gasteiger charge is -2.23. The average Bonchev–Trinajstić information content (AvgIpc) is 3.27. The molecule has 0 bridgehead atoms. The molecule has 6 heteroatoms. The van der Waals surface area contributed by atoms with E-state index in [0.29, 0.717) is 0 Å². The van der Waals surface area contributed by atoms with Gasteiger partial charge in [-0.3, -0.25) is 10.1 Å². The first-order chi connectivity index (χ1) is 13.3. The molecule has 0 radical (unpaired) electrons. The number of esters is 1. The van der Waals surface area contributed by atoms with Crippen LogP contribution in [0.4, 0.5) is 0 Å². The van der Waals surface area contributed by atoms with Crippen LogP contribution in [-0.2, 0) is 9.53 Å². The first-order valence-electron chi connectivity index (χ1n) is 9.51. The number of ether oxygens (including phenoxy) is 1.